The van der Waals surface area contributed by atoms with Gasteiger partial charge in [-0.2, -0.15) is 0 Å². The molecule has 0 heterocycles. The maximum Gasteiger partial charge on any atom is 0.132 e. The van der Waals surface area contributed by atoms with Gasteiger partial charge in [-0.1, -0.05) is 12.1 Å². The maximum atomic E-state index is 5.62. The Morgan fingerprint density at radius 1 is 1.14 bits per heavy atom. The zero-order valence-electron chi connectivity index (χ0n) is 8.33. The second-order valence-corrected chi connectivity index (χ2v) is 4.14. The number of ether oxygens (including phenoxy) is 2. The number of rotatable bonds is 6. The Balaban J connectivity index is 2.21. The highest BCUT2D eigenvalue weighted by Crippen LogP contribution is 2.19. The van der Waals surface area contributed by atoms with Crippen molar-refractivity contribution < 1.29 is 9.47 Å². The fraction of sp³-hybridized carbons (Fsp3) is 0.455. The van der Waals surface area contributed by atoms with Gasteiger partial charge in [0.2, 0.25) is 0 Å². The number of benzene rings is 1. The van der Waals surface area contributed by atoms with Crippen LogP contribution in [0, 0.1) is 3.57 Å². The van der Waals surface area contributed by atoms with Gasteiger partial charge in [0.1, 0.15) is 5.75 Å². The lowest BCUT2D eigenvalue weighted by Crippen LogP contribution is -2.00. The number of para-hydroxylation sites is 1. The summed E-state index contributed by atoms with van der Waals surface area (Å²) in [5.41, 5.74) is 0. The fourth-order valence-corrected chi connectivity index (χ4v) is 1.64. The lowest BCUT2D eigenvalue weighted by atomic mass is 10.3. The normalized spacial score (nSPS) is 10.1. The summed E-state index contributed by atoms with van der Waals surface area (Å²) < 4.78 is 11.7. The van der Waals surface area contributed by atoms with Crippen LogP contribution < -0.4 is 4.74 Å². The van der Waals surface area contributed by atoms with Gasteiger partial charge in [0, 0.05) is 13.7 Å². The monoisotopic (exact) mass is 306 g/mol. The molecular weight excluding hydrogens is 291 g/mol. The molecule has 0 amide bonds. The molecule has 1 aromatic carbocycles. The molecule has 0 spiro atoms. The molecule has 0 saturated heterocycles. The lowest BCUT2D eigenvalue weighted by Gasteiger charge is -2.07. The topological polar surface area (TPSA) is 18.5 Å². The molecule has 14 heavy (non-hydrogen) atoms. The SMILES string of the molecule is COCCCCOc1ccccc1I. The van der Waals surface area contributed by atoms with Gasteiger partial charge < -0.3 is 9.47 Å². The number of unbranched alkanes of at least 4 members (excludes halogenated alkanes) is 1. The predicted molar refractivity (Wildman–Crippen MR) is 65.8 cm³/mol. The molecule has 0 aliphatic rings. The number of hydrogen-bond donors (Lipinski definition) is 0. The Morgan fingerprint density at radius 2 is 1.86 bits per heavy atom. The van der Waals surface area contributed by atoms with Gasteiger partial charge in [-0.15, -0.1) is 0 Å². The molecule has 0 aliphatic heterocycles. The van der Waals surface area contributed by atoms with Crippen LogP contribution in [0.4, 0.5) is 0 Å². The Kier molecular flexibility index (Phi) is 5.94. The molecule has 78 valence electrons. The van der Waals surface area contributed by atoms with E-state index in [0.29, 0.717) is 0 Å². The van der Waals surface area contributed by atoms with Gasteiger partial charge in [0.15, 0.2) is 0 Å². The molecule has 0 saturated carbocycles. The molecule has 1 aromatic rings. The van der Waals surface area contributed by atoms with E-state index in [2.05, 4.69) is 22.6 Å². The van der Waals surface area contributed by atoms with E-state index in [-0.39, 0.29) is 0 Å². The second kappa shape index (κ2) is 7.06. The minimum absolute atomic E-state index is 0.767. The van der Waals surface area contributed by atoms with Crippen molar-refractivity contribution in [3.05, 3.63) is 27.8 Å². The van der Waals surface area contributed by atoms with Crippen LogP contribution >= 0.6 is 22.6 Å². The van der Waals surface area contributed by atoms with Crippen LogP contribution in [-0.2, 0) is 4.74 Å². The molecule has 0 unspecified atom stereocenters. The summed E-state index contributed by atoms with van der Waals surface area (Å²) in [5.74, 6) is 0.977. The standard InChI is InChI=1S/C11H15IO2/c1-13-8-4-5-9-14-11-7-3-2-6-10(11)12/h2-3,6-7H,4-5,8-9H2,1H3. The summed E-state index contributed by atoms with van der Waals surface area (Å²) in [6.07, 6.45) is 2.10. The first-order chi connectivity index (χ1) is 6.84. The van der Waals surface area contributed by atoms with E-state index in [1.165, 1.54) is 0 Å². The van der Waals surface area contributed by atoms with E-state index in [1.807, 2.05) is 24.3 Å². The summed E-state index contributed by atoms with van der Waals surface area (Å²) in [5, 5.41) is 0. The van der Waals surface area contributed by atoms with Gasteiger partial charge in [0.05, 0.1) is 10.2 Å². The van der Waals surface area contributed by atoms with E-state index >= 15 is 0 Å². The van der Waals surface area contributed by atoms with Gasteiger partial charge in [-0.3, -0.25) is 0 Å². The zero-order chi connectivity index (χ0) is 10.2. The molecule has 0 aliphatic carbocycles. The smallest absolute Gasteiger partial charge is 0.132 e. The fourth-order valence-electron chi connectivity index (χ4n) is 1.09. The highest BCUT2D eigenvalue weighted by molar-refractivity contribution is 14.1. The van der Waals surface area contributed by atoms with Gasteiger partial charge in [0.25, 0.3) is 0 Å². The molecular formula is C11H15IO2. The maximum absolute atomic E-state index is 5.62. The zero-order valence-corrected chi connectivity index (χ0v) is 10.5. The van der Waals surface area contributed by atoms with Gasteiger partial charge in [-0.05, 0) is 47.6 Å². The van der Waals surface area contributed by atoms with Crippen molar-refractivity contribution in [3.63, 3.8) is 0 Å². The highest BCUT2D eigenvalue weighted by atomic mass is 127. The molecule has 0 bridgehead atoms. The summed E-state index contributed by atoms with van der Waals surface area (Å²) >= 11 is 2.28. The highest BCUT2D eigenvalue weighted by Gasteiger charge is 1.97. The van der Waals surface area contributed by atoms with Crippen molar-refractivity contribution in [1.29, 1.82) is 0 Å². The van der Waals surface area contributed by atoms with Crippen molar-refractivity contribution in [2.24, 2.45) is 0 Å². The molecule has 0 N–H and O–H groups in total. The molecule has 0 aromatic heterocycles. The summed E-state index contributed by atoms with van der Waals surface area (Å²) in [6, 6.07) is 8.05. The summed E-state index contributed by atoms with van der Waals surface area (Å²) in [6.45, 7) is 1.58. The van der Waals surface area contributed by atoms with E-state index in [4.69, 9.17) is 9.47 Å². The minimum atomic E-state index is 0.767. The third kappa shape index (κ3) is 4.28. The van der Waals surface area contributed by atoms with E-state index in [0.717, 1.165) is 35.4 Å². The first-order valence-electron chi connectivity index (χ1n) is 4.71. The number of hydrogen-bond acceptors (Lipinski definition) is 2. The number of halogens is 1. The first kappa shape index (κ1) is 11.8. The molecule has 3 heteroatoms. The Hall–Kier alpha value is -0.290. The van der Waals surface area contributed by atoms with Gasteiger partial charge in [-0.25, -0.2) is 0 Å². The van der Waals surface area contributed by atoms with Crippen LogP contribution in [0.2, 0.25) is 0 Å². The van der Waals surface area contributed by atoms with E-state index in [9.17, 15) is 0 Å². The lowest BCUT2D eigenvalue weighted by molar-refractivity contribution is 0.184. The predicted octanol–water partition coefficient (Wildman–Crippen LogP) is 3.10. The second-order valence-electron chi connectivity index (χ2n) is 2.98. The van der Waals surface area contributed by atoms with Crippen LogP contribution in [-0.4, -0.2) is 20.3 Å². The van der Waals surface area contributed by atoms with Crippen LogP contribution in [0.3, 0.4) is 0 Å². The minimum Gasteiger partial charge on any atom is -0.492 e. The van der Waals surface area contributed by atoms with Crippen LogP contribution in [0.25, 0.3) is 0 Å². The van der Waals surface area contributed by atoms with Crippen molar-refractivity contribution in [1.82, 2.24) is 0 Å². The average Bonchev–Trinajstić information content (AvgIpc) is 2.20. The Labute approximate surface area is 98.7 Å². The first-order valence-corrected chi connectivity index (χ1v) is 5.78. The molecule has 0 atom stereocenters. The Bertz CT molecular complexity index is 263. The third-order valence-electron chi connectivity index (χ3n) is 1.84. The van der Waals surface area contributed by atoms with Crippen molar-refractivity contribution in [2.45, 2.75) is 12.8 Å². The van der Waals surface area contributed by atoms with Crippen LogP contribution in [0.1, 0.15) is 12.8 Å². The van der Waals surface area contributed by atoms with E-state index in [1.54, 1.807) is 7.11 Å². The van der Waals surface area contributed by atoms with Gasteiger partial charge >= 0.3 is 0 Å². The summed E-state index contributed by atoms with van der Waals surface area (Å²) in [4.78, 5) is 0. The summed E-state index contributed by atoms with van der Waals surface area (Å²) in [7, 11) is 1.72. The van der Waals surface area contributed by atoms with E-state index < -0.39 is 0 Å². The van der Waals surface area contributed by atoms with Crippen molar-refractivity contribution in [3.8, 4) is 5.75 Å². The molecule has 0 radical (unpaired) electrons. The van der Waals surface area contributed by atoms with Crippen molar-refractivity contribution in [2.75, 3.05) is 20.3 Å². The van der Waals surface area contributed by atoms with Crippen LogP contribution in [0.5, 0.6) is 5.75 Å². The van der Waals surface area contributed by atoms with Crippen molar-refractivity contribution >= 4 is 22.6 Å². The molecule has 1 rings (SSSR count). The average molecular weight is 306 g/mol. The largest absolute Gasteiger partial charge is 0.492 e. The Morgan fingerprint density at radius 3 is 2.57 bits per heavy atom. The quantitative estimate of drug-likeness (QED) is 0.594. The van der Waals surface area contributed by atoms with Crippen LogP contribution in [0.15, 0.2) is 24.3 Å². The third-order valence-corrected chi connectivity index (χ3v) is 2.73. The molecule has 2 nitrogen and oxygen atoms in total. The number of methoxy groups -OCH3 is 1. The molecule has 0 fully saturated rings.